The van der Waals surface area contributed by atoms with Crippen molar-refractivity contribution in [2.24, 2.45) is 4.99 Å². The summed E-state index contributed by atoms with van der Waals surface area (Å²) in [5, 5.41) is 8.41. The van der Waals surface area contributed by atoms with Gasteiger partial charge < -0.3 is 14.8 Å². The molecule has 0 atom stereocenters. The molecule has 0 saturated heterocycles. The molecule has 2 aromatic carbocycles. The molecule has 0 saturated carbocycles. The average Bonchev–Trinajstić information content (AvgIpc) is 3.27. The molecule has 0 fully saturated rings. The third-order valence-electron chi connectivity index (χ3n) is 5.25. The van der Waals surface area contributed by atoms with E-state index in [0.29, 0.717) is 42.5 Å². The minimum Gasteiger partial charge on any atom is -0.491 e. The number of ether oxygens (including phenoxy) is 2. The number of nitrogens with zero attached hydrogens (tertiary/aromatic N) is 3. The van der Waals surface area contributed by atoms with Crippen molar-refractivity contribution in [2.75, 3.05) is 25.6 Å². The molecule has 1 N–H and O–H groups in total. The van der Waals surface area contributed by atoms with E-state index in [1.165, 1.54) is 0 Å². The summed E-state index contributed by atoms with van der Waals surface area (Å²) in [4.78, 5) is 17.4. The Balaban J connectivity index is 1.76. The highest BCUT2D eigenvalue weighted by molar-refractivity contribution is 9.10. The first-order chi connectivity index (χ1) is 17.4. The number of carbonyl (C=O) groups is 1. The van der Waals surface area contributed by atoms with Gasteiger partial charge in [-0.1, -0.05) is 36.4 Å². The van der Waals surface area contributed by atoms with E-state index in [1.807, 2.05) is 67.1 Å². The Hall–Kier alpha value is -3.49. The van der Waals surface area contributed by atoms with Crippen molar-refractivity contribution in [3.63, 3.8) is 0 Å². The van der Waals surface area contributed by atoms with Gasteiger partial charge in [0.1, 0.15) is 12.4 Å². The summed E-state index contributed by atoms with van der Waals surface area (Å²) in [7, 11) is 1.63. The van der Waals surface area contributed by atoms with Gasteiger partial charge in [0.25, 0.3) is 5.91 Å². The molecular formula is C28H31BrN4O3. The average molecular weight is 551 g/mol. The molecule has 1 aromatic heterocycles. The van der Waals surface area contributed by atoms with E-state index in [-0.39, 0.29) is 5.91 Å². The summed E-state index contributed by atoms with van der Waals surface area (Å²) in [6.45, 7) is 7.08. The van der Waals surface area contributed by atoms with E-state index >= 15 is 0 Å². The Morgan fingerprint density at radius 2 is 1.94 bits per heavy atom. The van der Waals surface area contributed by atoms with Crippen molar-refractivity contribution in [1.82, 2.24) is 9.78 Å². The first kappa shape index (κ1) is 27.1. The lowest BCUT2D eigenvalue weighted by Gasteiger charge is -2.10. The van der Waals surface area contributed by atoms with Gasteiger partial charge in [-0.05, 0) is 60.5 Å². The van der Waals surface area contributed by atoms with Crippen LogP contribution in [0.5, 0.6) is 0 Å². The van der Waals surface area contributed by atoms with Crippen molar-refractivity contribution in [2.45, 2.75) is 27.3 Å². The lowest BCUT2D eigenvalue weighted by atomic mass is 10.2. The predicted octanol–water partition coefficient (Wildman–Crippen LogP) is 6.27. The second-order valence-corrected chi connectivity index (χ2v) is 8.92. The lowest BCUT2D eigenvalue weighted by molar-refractivity contribution is -0.112. The molecule has 0 aliphatic rings. The van der Waals surface area contributed by atoms with Gasteiger partial charge in [-0.2, -0.15) is 5.10 Å². The molecule has 3 rings (SSSR count). The highest BCUT2D eigenvalue weighted by Crippen LogP contribution is 2.32. The Morgan fingerprint density at radius 3 is 2.67 bits per heavy atom. The summed E-state index contributed by atoms with van der Waals surface area (Å²) in [5.74, 6) is 0.430. The highest BCUT2D eigenvalue weighted by Gasteiger charge is 2.14. The second kappa shape index (κ2) is 13.6. The predicted molar refractivity (Wildman–Crippen MR) is 149 cm³/mol. The van der Waals surface area contributed by atoms with Crippen LogP contribution in [-0.4, -0.2) is 41.7 Å². The number of allylic oxidation sites excluding steroid dienone is 3. The van der Waals surface area contributed by atoms with E-state index in [1.54, 1.807) is 26.4 Å². The number of carbonyl (C=O) groups excluding carboxylic acids is 1. The van der Waals surface area contributed by atoms with E-state index in [9.17, 15) is 4.79 Å². The van der Waals surface area contributed by atoms with Crippen LogP contribution in [0, 0.1) is 0 Å². The quantitative estimate of drug-likeness (QED) is 0.100. The van der Waals surface area contributed by atoms with Crippen molar-refractivity contribution < 1.29 is 14.3 Å². The van der Waals surface area contributed by atoms with Gasteiger partial charge >= 0.3 is 0 Å². The van der Waals surface area contributed by atoms with Gasteiger partial charge in [0, 0.05) is 40.5 Å². The van der Waals surface area contributed by atoms with Crippen molar-refractivity contribution >= 4 is 44.1 Å². The summed E-state index contributed by atoms with van der Waals surface area (Å²) < 4.78 is 13.4. The molecule has 3 aromatic rings. The fraction of sp³-hybridized carbons (Fsp3) is 0.250. The topological polar surface area (TPSA) is 77.7 Å². The monoisotopic (exact) mass is 550 g/mol. The van der Waals surface area contributed by atoms with Crippen molar-refractivity contribution in [3.05, 3.63) is 94.5 Å². The van der Waals surface area contributed by atoms with Gasteiger partial charge in [0.05, 0.1) is 30.6 Å². The lowest BCUT2D eigenvalue weighted by Crippen LogP contribution is -2.13. The Morgan fingerprint density at radius 1 is 1.17 bits per heavy atom. The van der Waals surface area contributed by atoms with Gasteiger partial charge in [0.15, 0.2) is 0 Å². The molecular weight excluding hydrogens is 520 g/mol. The van der Waals surface area contributed by atoms with Crippen LogP contribution in [0.3, 0.4) is 0 Å². The zero-order valence-electron chi connectivity index (χ0n) is 21.0. The number of hydrogen-bond acceptors (Lipinski definition) is 5. The third kappa shape index (κ3) is 7.50. The highest BCUT2D eigenvalue weighted by atomic mass is 79.9. The molecule has 0 unspecified atom stereocenters. The molecule has 0 radical (unpaired) electrons. The summed E-state index contributed by atoms with van der Waals surface area (Å²) >= 11 is 3.57. The van der Waals surface area contributed by atoms with E-state index < -0.39 is 0 Å². The number of rotatable bonds is 11. The summed E-state index contributed by atoms with van der Waals surface area (Å²) in [5.41, 5.74) is 3.93. The standard InChI is InChI=1S/C28H31BrN4O3/c1-5-9-23(36-15-14-35-4)16-21(3)30-17-20(2)28(34)32-27-24-18-31-33(26(24)13-12-25(27)29)19-22-10-7-6-8-11-22/h5-13,16-18H,14-15,19H2,1-4H3,(H,32,34)/b9-5-,20-17+,23-16+,30-21+. The fourth-order valence-corrected chi connectivity index (χ4v) is 3.84. The summed E-state index contributed by atoms with van der Waals surface area (Å²) in [6, 6.07) is 14.0. The van der Waals surface area contributed by atoms with Gasteiger partial charge in [-0.15, -0.1) is 0 Å². The number of nitrogens with one attached hydrogen (secondary N) is 1. The van der Waals surface area contributed by atoms with Crippen LogP contribution in [0.25, 0.3) is 10.9 Å². The Kier molecular flexibility index (Phi) is 10.2. The molecule has 0 spiro atoms. The van der Waals surface area contributed by atoms with Gasteiger partial charge in [-0.25, -0.2) is 0 Å². The van der Waals surface area contributed by atoms with E-state index in [2.05, 4.69) is 43.5 Å². The molecule has 36 heavy (non-hydrogen) atoms. The molecule has 0 aliphatic carbocycles. The number of amides is 1. The molecule has 1 amide bonds. The minimum atomic E-state index is -0.246. The van der Waals surface area contributed by atoms with Crippen LogP contribution in [0.2, 0.25) is 0 Å². The number of methoxy groups -OCH3 is 1. The number of benzene rings is 2. The molecule has 1 heterocycles. The smallest absolute Gasteiger partial charge is 0.252 e. The van der Waals surface area contributed by atoms with E-state index in [4.69, 9.17) is 9.47 Å². The Bertz CT molecular complexity index is 1310. The number of aliphatic imine (C=N–C) groups is 1. The number of halogens is 1. The van der Waals surface area contributed by atoms with Crippen LogP contribution in [0.15, 0.2) is 93.9 Å². The van der Waals surface area contributed by atoms with Gasteiger partial charge in [0.2, 0.25) is 0 Å². The number of fused-ring (bicyclic) bond motifs is 1. The normalized spacial score (nSPS) is 13.0. The van der Waals surface area contributed by atoms with Crippen molar-refractivity contribution in [1.29, 1.82) is 0 Å². The van der Waals surface area contributed by atoms with Crippen LogP contribution < -0.4 is 5.32 Å². The molecule has 0 aliphatic heterocycles. The second-order valence-electron chi connectivity index (χ2n) is 8.07. The molecule has 188 valence electrons. The SMILES string of the molecule is C\C=C/C(=C\C(C)=N\C=C(/C)C(=O)Nc1c(Br)ccc2c1cnn2Cc1ccccc1)OCCOC. The molecule has 0 bridgehead atoms. The van der Waals surface area contributed by atoms with Crippen LogP contribution in [0.1, 0.15) is 26.3 Å². The zero-order valence-corrected chi connectivity index (χ0v) is 22.6. The zero-order chi connectivity index (χ0) is 25.9. The van der Waals surface area contributed by atoms with Crippen molar-refractivity contribution in [3.8, 4) is 0 Å². The van der Waals surface area contributed by atoms with Crippen LogP contribution in [0.4, 0.5) is 5.69 Å². The maximum absolute atomic E-state index is 13.0. The largest absolute Gasteiger partial charge is 0.491 e. The number of hydrogen-bond donors (Lipinski definition) is 1. The third-order valence-corrected chi connectivity index (χ3v) is 5.91. The maximum Gasteiger partial charge on any atom is 0.252 e. The Labute approximate surface area is 220 Å². The summed E-state index contributed by atoms with van der Waals surface area (Å²) in [6.07, 6.45) is 8.89. The first-order valence-corrected chi connectivity index (χ1v) is 12.4. The number of anilines is 1. The van der Waals surface area contributed by atoms with Gasteiger partial charge in [-0.3, -0.25) is 14.5 Å². The fourth-order valence-electron chi connectivity index (χ4n) is 3.39. The number of aromatic nitrogens is 2. The maximum atomic E-state index is 13.0. The molecule has 7 nitrogen and oxygen atoms in total. The van der Waals surface area contributed by atoms with Crippen LogP contribution >= 0.6 is 15.9 Å². The van der Waals surface area contributed by atoms with Crippen LogP contribution in [-0.2, 0) is 20.8 Å². The molecule has 8 heteroatoms. The van der Waals surface area contributed by atoms with E-state index in [0.717, 1.165) is 20.9 Å². The first-order valence-electron chi connectivity index (χ1n) is 11.6. The minimum absolute atomic E-state index is 0.246.